The molecule has 5 rings (SSSR count). The van der Waals surface area contributed by atoms with Crippen LogP contribution in [-0.4, -0.2) is 61.4 Å². The lowest BCUT2D eigenvalue weighted by molar-refractivity contribution is -0.127. The van der Waals surface area contributed by atoms with Crippen LogP contribution in [0.3, 0.4) is 0 Å². The predicted octanol–water partition coefficient (Wildman–Crippen LogP) is 4.60. The number of hydrogen-bond donors (Lipinski definition) is 1. The van der Waals surface area contributed by atoms with Gasteiger partial charge in [0.1, 0.15) is 12.1 Å². The molecule has 0 bridgehead atoms. The minimum absolute atomic E-state index is 0.0363. The van der Waals surface area contributed by atoms with Crippen LogP contribution in [0.1, 0.15) is 30.9 Å². The number of halogens is 3. The summed E-state index contributed by atoms with van der Waals surface area (Å²) in [6.07, 6.45) is -1.75. The van der Waals surface area contributed by atoms with Crippen LogP contribution >= 0.6 is 0 Å². The van der Waals surface area contributed by atoms with Gasteiger partial charge in [0.05, 0.1) is 17.7 Å². The van der Waals surface area contributed by atoms with Crippen molar-refractivity contribution in [1.82, 2.24) is 14.9 Å². The third-order valence-corrected chi connectivity index (χ3v) is 8.65. The van der Waals surface area contributed by atoms with E-state index in [4.69, 9.17) is 0 Å². The van der Waals surface area contributed by atoms with E-state index in [9.17, 15) is 21.6 Å². The molecule has 7 nitrogen and oxygen atoms in total. The van der Waals surface area contributed by atoms with E-state index >= 15 is 0 Å². The molecule has 1 aromatic heterocycles. The normalized spacial score (nSPS) is 18.2. The number of anilines is 2. The number of rotatable bonds is 7. The molecular formula is C26H30F3N5O2S. The Morgan fingerprint density at radius 2 is 1.68 bits per heavy atom. The highest BCUT2D eigenvalue weighted by atomic mass is 32.2. The van der Waals surface area contributed by atoms with Gasteiger partial charge in [0.15, 0.2) is 0 Å². The highest BCUT2D eigenvalue weighted by Gasteiger charge is 2.44. The maximum Gasteiger partial charge on any atom is 0.393 e. The Labute approximate surface area is 214 Å². The number of piperidine rings is 1. The number of benzene rings is 2. The molecule has 11 heteroatoms. The zero-order chi connectivity index (χ0) is 26.3. The molecule has 0 atom stereocenters. The second-order valence-corrected chi connectivity index (χ2v) is 12.2. The second-order valence-electron chi connectivity index (χ2n) is 10.2. The zero-order valence-electron chi connectivity index (χ0n) is 20.6. The Hall–Kier alpha value is -2.92. The molecule has 2 aliphatic heterocycles. The van der Waals surface area contributed by atoms with E-state index < -0.39 is 22.6 Å². The molecule has 0 aliphatic carbocycles. The summed E-state index contributed by atoms with van der Waals surface area (Å²) in [5.41, 5.74) is 2.82. The smallest absolute Gasteiger partial charge is 0.356 e. The summed E-state index contributed by atoms with van der Waals surface area (Å²) < 4.78 is 64.8. The fraction of sp³-hybridized carbons (Fsp3) is 0.462. The van der Waals surface area contributed by atoms with E-state index in [0.29, 0.717) is 22.4 Å². The van der Waals surface area contributed by atoms with Gasteiger partial charge in [-0.1, -0.05) is 18.2 Å². The standard InChI is InChI=1S/C26H30F3N5O2S/c1-2-37(35,36)32-21-6-3-19(4-7-21)15-33-16-25(17-33)9-11-34(12-10-25)24-22-13-20(14-26(27,28)29)5-8-23(22)30-18-31-24/h3-8,13,18,32H,2,9-12,14-17H2,1H3. The Kier molecular flexibility index (Phi) is 6.78. The van der Waals surface area contributed by atoms with Crippen molar-refractivity contribution in [1.29, 1.82) is 0 Å². The maximum absolute atomic E-state index is 12.9. The minimum atomic E-state index is -4.26. The Morgan fingerprint density at radius 3 is 2.32 bits per heavy atom. The maximum atomic E-state index is 12.9. The number of nitrogens with one attached hydrogen (secondary N) is 1. The van der Waals surface area contributed by atoms with Gasteiger partial charge in [0, 0.05) is 43.8 Å². The van der Waals surface area contributed by atoms with Crippen molar-refractivity contribution >= 4 is 32.4 Å². The van der Waals surface area contributed by atoms with Gasteiger partial charge in [-0.05, 0) is 60.6 Å². The van der Waals surface area contributed by atoms with Gasteiger partial charge < -0.3 is 4.90 Å². The van der Waals surface area contributed by atoms with Crippen LogP contribution in [0.2, 0.25) is 0 Å². The van der Waals surface area contributed by atoms with E-state index in [2.05, 4.69) is 24.5 Å². The number of alkyl halides is 3. The van der Waals surface area contributed by atoms with Gasteiger partial charge in [-0.25, -0.2) is 18.4 Å². The van der Waals surface area contributed by atoms with Crippen LogP contribution in [0.25, 0.3) is 10.9 Å². The summed E-state index contributed by atoms with van der Waals surface area (Å²) in [6, 6.07) is 12.2. The lowest BCUT2D eigenvalue weighted by atomic mass is 9.72. The molecule has 2 fully saturated rings. The fourth-order valence-electron chi connectivity index (χ4n) is 5.39. The molecule has 198 valence electrons. The lowest BCUT2D eigenvalue weighted by Gasteiger charge is -2.54. The van der Waals surface area contributed by atoms with Crippen molar-refractivity contribution in [2.45, 2.75) is 38.9 Å². The van der Waals surface area contributed by atoms with Crippen molar-refractivity contribution in [2.24, 2.45) is 5.41 Å². The predicted molar refractivity (Wildman–Crippen MR) is 138 cm³/mol. The van der Waals surface area contributed by atoms with E-state index in [-0.39, 0.29) is 16.7 Å². The molecule has 37 heavy (non-hydrogen) atoms. The number of sulfonamides is 1. The third kappa shape index (κ3) is 5.98. The first-order chi connectivity index (χ1) is 17.5. The van der Waals surface area contributed by atoms with Crippen LogP contribution in [0.4, 0.5) is 24.7 Å². The second kappa shape index (κ2) is 9.75. The molecular weight excluding hydrogens is 503 g/mol. The Morgan fingerprint density at radius 1 is 1.00 bits per heavy atom. The highest BCUT2D eigenvalue weighted by Crippen LogP contribution is 2.42. The van der Waals surface area contributed by atoms with Crippen molar-refractivity contribution < 1.29 is 21.6 Å². The lowest BCUT2D eigenvalue weighted by Crippen LogP contribution is -2.59. The first kappa shape index (κ1) is 25.7. The molecule has 1 spiro atoms. The number of likely N-dealkylation sites (tertiary alicyclic amines) is 1. The summed E-state index contributed by atoms with van der Waals surface area (Å²) in [4.78, 5) is 13.3. The average molecular weight is 534 g/mol. The van der Waals surface area contributed by atoms with Crippen LogP contribution in [0.5, 0.6) is 0 Å². The Bertz CT molecular complexity index is 1360. The number of fused-ring (bicyclic) bond motifs is 1. The van der Waals surface area contributed by atoms with Crippen molar-refractivity contribution in [2.75, 3.05) is 41.6 Å². The molecule has 2 aromatic carbocycles. The molecule has 0 radical (unpaired) electrons. The summed E-state index contributed by atoms with van der Waals surface area (Å²) in [7, 11) is -3.28. The Balaban J connectivity index is 1.18. The zero-order valence-corrected chi connectivity index (χ0v) is 21.4. The van der Waals surface area contributed by atoms with Gasteiger partial charge in [0.25, 0.3) is 0 Å². The van der Waals surface area contributed by atoms with E-state index in [1.807, 2.05) is 12.1 Å². The van der Waals surface area contributed by atoms with Crippen LogP contribution in [0, 0.1) is 5.41 Å². The van der Waals surface area contributed by atoms with Gasteiger partial charge in [-0.15, -0.1) is 0 Å². The number of hydrogen-bond acceptors (Lipinski definition) is 6. The molecule has 2 saturated heterocycles. The summed E-state index contributed by atoms with van der Waals surface area (Å²) in [6.45, 7) is 6.00. The van der Waals surface area contributed by atoms with E-state index in [0.717, 1.165) is 51.1 Å². The van der Waals surface area contributed by atoms with Gasteiger partial charge >= 0.3 is 6.18 Å². The largest absolute Gasteiger partial charge is 0.393 e. The van der Waals surface area contributed by atoms with Gasteiger partial charge in [-0.3, -0.25) is 9.62 Å². The van der Waals surface area contributed by atoms with Gasteiger partial charge in [-0.2, -0.15) is 13.2 Å². The molecule has 0 unspecified atom stereocenters. The molecule has 1 N–H and O–H groups in total. The van der Waals surface area contributed by atoms with Crippen molar-refractivity contribution in [3.8, 4) is 0 Å². The third-order valence-electron chi connectivity index (χ3n) is 7.34. The minimum Gasteiger partial charge on any atom is -0.356 e. The van der Waals surface area contributed by atoms with Crippen LogP contribution in [-0.2, 0) is 23.0 Å². The highest BCUT2D eigenvalue weighted by molar-refractivity contribution is 7.92. The monoisotopic (exact) mass is 533 g/mol. The summed E-state index contributed by atoms with van der Waals surface area (Å²) in [5.74, 6) is 0.744. The first-order valence-electron chi connectivity index (χ1n) is 12.4. The number of nitrogens with zero attached hydrogens (tertiary/aromatic N) is 4. The summed E-state index contributed by atoms with van der Waals surface area (Å²) >= 11 is 0. The average Bonchev–Trinajstić information content (AvgIpc) is 2.83. The SMILES string of the molecule is CCS(=O)(=O)Nc1ccc(CN2CC3(CCN(c4ncnc5ccc(CC(F)(F)F)cc45)CC3)C2)cc1. The molecule has 3 aromatic rings. The van der Waals surface area contributed by atoms with Crippen molar-refractivity contribution in [3.63, 3.8) is 0 Å². The molecule has 2 aliphatic rings. The van der Waals surface area contributed by atoms with E-state index in [1.165, 1.54) is 12.4 Å². The van der Waals surface area contributed by atoms with E-state index in [1.54, 1.807) is 31.2 Å². The molecule has 3 heterocycles. The summed E-state index contributed by atoms with van der Waals surface area (Å²) in [5, 5.41) is 0.667. The molecule has 0 saturated carbocycles. The fourth-order valence-corrected chi connectivity index (χ4v) is 6.03. The molecule has 0 amide bonds. The van der Waals surface area contributed by atoms with Gasteiger partial charge in [0.2, 0.25) is 10.0 Å². The van der Waals surface area contributed by atoms with Crippen LogP contribution < -0.4 is 9.62 Å². The quantitative estimate of drug-likeness (QED) is 0.479. The van der Waals surface area contributed by atoms with Crippen molar-refractivity contribution in [3.05, 3.63) is 59.9 Å². The first-order valence-corrected chi connectivity index (χ1v) is 14.1. The number of aromatic nitrogens is 2. The van der Waals surface area contributed by atoms with Crippen LogP contribution in [0.15, 0.2) is 48.8 Å². The topological polar surface area (TPSA) is 78.4 Å².